The Bertz CT molecular complexity index is 711. The molecule has 0 radical (unpaired) electrons. The standard InChI is InChI=1S/C17H20N4O3/c1-4-9-24-14-7-5-13(10-15(14)23-3)6-8-17(22)21(2)11-16-18-12-19-20-16/h4-8,10,12H,1,9,11H2,2-3H3,(H,18,19,20). The predicted octanol–water partition coefficient (Wildman–Crippen LogP) is 2.05. The average Bonchev–Trinajstić information content (AvgIpc) is 3.10. The number of amides is 1. The van der Waals surface area contributed by atoms with Crippen molar-refractivity contribution >= 4 is 12.0 Å². The Morgan fingerprint density at radius 3 is 2.92 bits per heavy atom. The molecule has 1 aromatic heterocycles. The lowest BCUT2D eigenvalue weighted by Gasteiger charge is -2.13. The van der Waals surface area contributed by atoms with Gasteiger partial charge in [0.15, 0.2) is 11.5 Å². The number of aromatic amines is 1. The molecule has 24 heavy (non-hydrogen) atoms. The maximum absolute atomic E-state index is 12.1. The molecule has 0 unspecified atom stereocenters. The lowest BCUT2D eigenvalue weighted by molar-refractivity contribution is -0.125. The SMILES string of the molecule is C=CCOc1ccc(C=CC(=O)N(C)Cc2ncn[nH]2)cc1OC. The van der Waals surface area contributed by atoms with Crippen LogP contribution in [0.2, 0.25) is 0 Å². The first-order valence-electron chi connectivity index (χ1n) is 7.33. The first-order chi connectivity index (χ1) is 11.6. The van der Waals surface area contributed by atoms with E-state index in [-0.39, 0.29) is 5.91 Å². The Balaban J connectivity index is 2.02. The number of nitrogens with zero attached hydrogens (tertiary/aromatic N) is 3. The molecule has 126 valence electrons. The van der Waals surface area contributed by atoms with Crippen LogP contribution in [0.5, 0.6) is 11.5 Å². The number of H-pyrrole nitrogens is 1. The minimum Gasteiger partial charge on any atom is -0.493 e. The smallest absolute Gasteiger partial charge is 0.246 e. The van der Waals surface area contributed by atoms with Gasteiger partial charge in [0, 0.05) is 13.1 Å². The summed E-state index contributed by atoms with van der Waals surface area (Å²) in [5.41, 5.74) is 0.833. The van der Waals surface area contributed by atoms with Crippen LogP contribution >= 0.6 is 0 Å². The van der Waals surface area contributed by atoms with Crippen LogP contribution in [0.25, 0.3) is 6.08 Å². The number of hydrogen-bond acceptors (Lipinski definition) is 5. The average molecular weight is 328 g/mol. The first kappa shape index (κ1) is 17.3. The van der Waals surface area contributed by atoms with Gasteiger partial charge >= 0.3 is 0 Å². The number of methoxy groups -OCH3 is 1. The molecule has 0 aliphatic carbocycles. The van der Waals surface area contributed by atoms with Crippen LogP contribution in [-0.4, -0.2) is 46.8 Å². The molecule has 0 aliphatic rings. The molecule has 1 N–H and O–H groups in total. The van der Waals surface area contributed by atoms with Crippen LogP contribution in [0.15, 0.2) is 43.3 Å². The molecule has 0 bridgehead atoms. The summed E-state index contributed by atoms with van der Waals surface area (Å²) in [6.45, 7) is 4.37. The van der Waals surface area contributed by atoms with Crippen LogP contribution in [0, 0.1) is 0 Å². The number of hydrogen-bond donors (Lipinski definition) is 1. The summed E-state index contributed by atoms with van der Waals surface area (Å²) in [7, 11) is 3.27. The number of carbonyl (C=O) groups is 1. The van der Waals surface area contributed by atoms with Gasteiger partial charge in [-0.3, -0.25) is 9.89 Å². The topological polar surface area (TPSA) is 80.3 Å². The summed E-state index contributed by atoms with van der Waals surface area (Å²) in [6, 6.07) is 5.45. The van der Waals surface area contributed by atoms with Gasteiger partial charge in [-0.05, 0) is 23.8 Å². The Labute approximate surface area is 140 Å². The van der Waals surface area contributed by atoms with Gasteiger partial charge < -0.3 is 14.4 Å². The van der Waals surface area contributed by atoms with E-state index >= 15 is 0 Å². The lowest BCUT2D eigenvalue weighted by Crippen LogP contribution is -2.24. The van der Waals surface area contributed by atoms with Crippen LogP contribution in [0.1, 0.15) is 11.4 Å². The molecule has 1 aromatic carbocycles. The van der Waals surface area contributed by atoms with Gasteiger partial charge in [-0.1, -0.05) is 18.7 Å². The van der Waals surface area contributed by atoms with Gasteiger partial charge in [-0.2, -0.15) is 5.10 Å². The van der Waals surface area contributed by atoms with Crippen molar-refractivity contribution in [2.24, 2.45) is 0 Å². The molecular formula is C17H20N4O3. The molecular weight excluding hydrogens is 308 g/mol. The van der Waals surface area contributed by atoms with Crippen molar-refractivity contribution < 1.29 is 14.3 Å². The fourth-order valence-corrected chi connectivity index (χ4v) is 1.96. The van der Waals surface area contributed by atoms with E-state index in [9.17, 15) is 4.79 Å². The second-order valence-corrected chi connectivity index (χ2v) is 4.97. The lowest BCUT2D eigenvalue weighted by atomic mass is 10.2. The van der Waals surface area contributed by atoms with E-state index < -0.39 is 0 Å². The zero-order chi connectivity index (χ0) is 17.4. The number of benzene rings is 1. The molecule has 0 saturated heterocycles. The molecule has 0 saturated carbocycles. The molecule has 0 fully saturated rings. The maximum Gasteiger partial charge on any atom is 0.246 e. The number of rotatable bonds is 8. The quantitative estimate of drug-likeness (QED) is 0.592. The van der Waals surface area contributed by atoms with Gasteiger partial charge in [0.1, 0.15) is 18.8 Å². The summed E-state index contributed by atoms with van der Waals surface area (Å²) >= 11 is 0. The summed E-state index contributed by atoms with van der Waals surface area (Å²) < 4.78 is 10.8. The van der Waals surface area contributed by atoms with Crippen molar-refractivity contribution in [1.82, 2.24) is 20.1 Å². The summed E-state index contributed by atoms with van der Waals surface area (Å²) in [6.07, 6.45) is 6.29. The van der Waals surface area contributed by atoms with Gasteiger partial charge in [-0.25, -0.2) is 4.98 Å². The Morgan fingerprint density at radius 1 is 1.42 bits per heavy atom. The summed E-state index contributed by atoms with van der Waals surface area (Å²) in [5.74, 6) is 1.71. The Morgan fingerprint density at radius 2 is 2.25 bits per heavy atom. The summed E-state index contributed by atoms with van der Waals surface area (Å²) in [4.78, 5) is 17.6. The van der Waals surface area contributed by atoms with Crippen LogP contribution in [-0.2, 0) is 11.3 Å². The van der Waals surface area contributed by atoms with Gasteiger partial charge in [0.2, 0.25) is 5.91 Å². The number of aromatic nitrogens is 3. The molecule has 0 atom stereocenters. The van der Waals surface area contributed by atoms with Gasteiger partial charge in [0.25, 0.3) is 0 Å². The number of carbonyl (C=O) groups excluding carboxylic acids is 1. The third-order valence-corrected chi connectivity index (χ3v) is 3.19. The fraction of sp³-hybridized carbons (Fsp3) is 0.235. The number of likely N-dealkylation sites (N-methyl/N-ethyl adjacent to an activating group) is 1. The van der Waals surface area contributed by atoms with Gasteiger partial charge in [-0.15, -0.1) is 0 Å². The Hall–Kier alpha value is -3.09. The number of nitrogens with one attached hydrogen (secondary N) is 1. The van der Waals surface area contributed by atoms with Gasteiger partial charge in [0.05, 0.1) is 13.7 Å². The maximum atomic E-state index is 12.1. The molecule has 0 spiro atoms. The molecule has 2 aromatic rings. The summed E-state index contributed by atoms with van der Waals surface area (Å²) in [5, 5.41) is 6.47. The second-order valence-electron chi connectivity index (χ2n) is 4.97. The molecule has 1 heterocycles. The molecule has 0 aliphatic heterocycles. The predicted molar refractivity (Wildman–Crippen MR) is 90.6 cm³/mol. The third-order valence-electron chi connectivity index (χ3n) is 3.19. The molecule has 7 heteroatoms. The third kappa shape index (κ3) is 4.70. The van der Waals surface area contributed by atoms with Crippen molar-refractivity contribution in [3.63, 3.8) is 0 Å². The van der Waals surface area contributed by atoms with E-state index in [1.807, 2.05) is 6.07 Å². The molecule has 1 amide bonds. The van der Waals surface area contributed by atoms with E-state index in [1.165, 1.54) is 17.3 Å². The van der Waals surface area contributed by atoms with Crippen molar-refractivity contribution in [3.8, 4) is 11.5 Å². The van der Waals surface area contributed by atoms with E-state index in [4.69, 9.17) is 9.47 Å². The van der Waals surface area contributed by atoms with Crippen LogP contribution in [0.4, 0.5) is 0 Å². The highest BCUT2D eigenvalue weighted by molar-refractivity contribution is 5.91. The minimum absolute atomic E-state index is 0.141. The highest BCUT2D eigenvalue weighted by Crippen LogP contribution is 2.28. The minimum atomic E-state index is -0.141. The zero-order valence-electron chi connectivity index (χ0n) is 13.7. The second kappa shape index (κ2) is 8.52. The highest BCUT2D eigenvalue weighted by Gasteiger charge is 2.08. The number of ether oxygens (including phenoxy) is 2. The van der Waals surface area contributed by atoms with Crippen LogP contribution < -0.4 is 9.47 Å². The van der Waals surface area contributed by atoms with Crippen molar-refractivity contribution in [2.75, 3.05) is 20.8 Å². The van der Waals surface area contributed by atoms with E-state index in [0.717, 1.165) is 5.56 Å². The zero-order valence-corrected chi connectivity index (χ0v) is 13.7. The normalized spacial score (nSPS) is 10.6. The monoisotopic (exact) mass is 328 g/mol. The highest BCUT2D eigenvalue weighted by atomic mass is 16.5. The van der Waals surface area contributed by atoms with E-state index in [0.29, 0.717) is 30.5 Å². The largest absolute Gasteiger partial charge is 0.493 e. The van der Waals surface area contributed by atoms with Crippen molar-refractivity contribution in [2.45, 2.75) is 6.54 Å². The Kier molecular flexibility index (Phi) is 6.13. The van der Waals surface area contributed by atoms with Crippen LogP contribution in [0.3, 0.4) is 0 Å². The van der Waals surface area contributed by atoms with E-state index in [2.05, 4.69) is 21.8 Å². The first-order valence-corrected chi connectivity index (χ1v) is 7.33. The van der Waals surface area contributed by atoms with Crippen molar-refractivity contribution in [1.29, 1.82) is 0 Å². The van der Waals surface area contributed by atoms with E-state index in [1.54, 1.807) is 38.4 Å². The van der Waals surface area contributed by atoms with Crippen molar-refractivity contribution in [3.05, 3.63) is 54.6 Å². The molecule has 7 nitrogen and oxygen atoms in total. The fourth-order valence-electron chi connectivity index (χ4n) is 1.96. The molecule has 2 rings (SSSR count).